The number of nitrogens with two attached hydrogens (primary N) is 3. The van der Waals surface area contributed by atoms with Gasteiger partial charge in [0, 0.05) is 23.1 Å². The minimum absolute atomic E-state index is 0.0548. The maximum Gasteiger partial charge on any atom is 0.0637 e. The first-order valence-corrected chi connectivity index (χ1v) is 14.1. The van der Waals surface area contributed by atoms with E-state index in [-0.39, 0.29) is 27.3 Å². The van der Waals surface area contributed by atoms with Crippen LogP contribution in [-0.2, 0) is 18.9 Å². The van der Waals surface area contributed by atoms with E-state index in [1.807, 2.05) is 0 Å². The molecule has 0 saturated carbocycles. The minimum atomic E-state index is -0.442. The van der Waals surface area contributed by atoms with Gasteiger partial charge in [0.1, 0.15) is 0 Å². The Morgan fingerprint density at radius 2 is 1.00 bits per heavy atom. The Kier molecular flexibility index (Phi) is 14.8. The number of ether oxygens (including phenoxy) is 4. The average Bonchev–Trinajstić information content (AvgIpc) is 2.63. The van der Waals surface area contributed by atoms with E-state index in [1.165, 1.54) is 0 Å². The van der Waals surface area contributed by atoms with Gasteiger partial charge >= 0.3 is 0 Å². The Bertz CT molecular complexity index is 618. The molecular formula is C30H65N3O4. The van der Waals surface area contributed by atoms with Crippen molar-refractivity contribution in [1.82, 2.24) is 0 Å². The van der Waals surface area contributed by atoms with E-state index in [9.17, 15) is 0 Å². The predicted molar refractivity (Wildman–Crippen MR) is 157 cm³/mol. The molecule has 0 fully saturated rings. The highest BCUT2D eigenvalue weighted by Crippen LogP contribution is 2.30. The lowest BCUT2D eigenvalue weighted by molar-refractivity contribution is -0.128. The van der Waals surface area contributed by atoms with Crippen LogP contribution in [0.2, 0.25) is 0 Å². The summed E-state index contributed by atoms with van der Waals surface area (Å²) in [7, 11) is 0. The molecule has 0 aromatic heterocycles. The summed E-state index contributed by atoms with van der Waals surface area (Å²) in [6.45, 7) is 30.5. The van der Waals surface area contributed by atoms with Gasteiger partial charge in [-0.3, -0.25) is 0 Å². The van der Waals surface area contributed by atoms with Crippen LogP contribution in [0.15, 0.2) is 0 Å². The Morgan fingerprint density at radius 3 is 1.41 bits per heavy atom. The largest absolute Gasteiger partial charge is 0.380 e. The normalized spacial score (nSPS) is 16.6. The standard InChI is InChI=1S/C30H65N3O4/c1-24(13-28(9,10)32)14-34-20-30(21-35-17-25(2,3)4,23-37-19-27(7,8)16-31)22-36-18-26(5,6)15-29(11,12)33/h24H,13-23,31-33H2,1-12H3. The highest BCUT2D eigenvalue weighted by Gasteiger charge is 2.35. The molecule has 0 amide bonds. The van der Waals surface area contributed by atoms with E-state index in [0.717, 1.165) is 12.8 Å². The molecule has 224 valence electrons. The summed E-state index contributed by atoms with van der Waals surface area (Å²) in [4.78, 5) is 0. The minimum Gasteiger partial charge on any atom is -0.380 e. The van der Waals surface area contributed by atoms with E-state index < -0.39 is 5.41 Å². The second-order valence-electron chi connectivity index (χ2n) is 16.0. The van der Waals surface area contributed by atoms with Crippen molar-refractivity contribution in [3.8, 4) is 0 Å². The highest BCUT2D eigenvalue weighted by molar-refractivity contribution is 4.85. The molecule has 0 radical (unpaired) electrons. The molecule has 6 N–H and O–H groups in total. The number of hydrogen-bond donors (Lipinski definition) is 3. The Morgan fingerprint density at radius 1 is 0.568 bits per heavy atom. The van der Waals surface area contributed by atoms with Crippen LogP contribution in [0, 0.1) is 27.6 Å². The zero-order chi connectivity index (χ0) is 29.2. The predicted octanol–water partition coefficient (Wildman–Crippen LogP) is 4.99. The van der Waals surface area contributed by atoms with Crippen LogP contribution in [0.1, 0.15) is 95.9 Å². The van der Waals surface area contributed by atoms with Gasteiger partial charge in [-0.2, -0.15) is 0 Å². The van der Waals surface area contributed by atoms with Crippen LogP contribution in [0.4, 0.5) is 0 Å². The topological polar surface area (TPSA) is 115 Å². The van der Waals surface area contributed by atoms with Crippen molar-refractivity contribution in [2.75, 3.05) is 59.4 Å². The van der Waals surface area contributed by atoms with Gasteiger partial charge < -0.3 is 36.1 Å². The molecule has 7 heteroatoms. The second-order valence-corrected chi connectivity index (χ2v) is 16.0. The van der Waals surface area contributed by atoms with Gasteiger partial charge in [-0.05, 0) is 63.8 Å². The average molecular weight is 532 g/mol. The molecule has 0 aliphatic heterocycles. The third-order valence-corrected chi connectivity index (χ3v) is 5.92. The van der Waals surface area contributed by atoms with Crippen LogP contribution in [-0.4, -0.2) is 70.5 Å². The number of hydrogen-bond acceptors (Lipinski definition) is 7. The molecule has 0 bridgehead atoms. The van der Waals surface area contributed by atoms with Crippen molar-refractivity contribution in [1.29, 1.82) is 0 Å². The molecule has 37 heavy (non-hydrogen) atoms. The monoisotopic (exact) mass is 531 g/mol. The SMILES string of the molecule is CC(COCC(COCC(C)(C)C)(COCC(C)(C)CN)COCC(C)(C)CC(C)(C)N)CC(C)(C)N. The van der Waals surface area contributed by atoms with Crippen molar-refractivity contribution in [3.05, 3.63) is 0 Å². The third-order valence-electron chi connectivity index (χ3n) is 5.92. The quantitative estimate of drug-likeness (QED) is 0.203. The molecule has 7 nitrogen and oxygen atoms in total. The molecule has 0 saturated heterocycles. The first-order chi connectivity index (χ1) is 16.5. The highest BCUT2D eigenvalue weighted by atomic mass is 16.5. The maximum absolute atomic E-state index is 6.40. The summed E-state index contributed by atoms with van der Waals surface area (Å²) in [6.07, 6.45) is 1.75. The fraction of sp³-hybridized carbons (Fsp3) is 1.00. The summed E-state index contributed by atoms with van der Waals surface area (Å²) in [5.41, 5.74) is 17.5. The third kappa shape index (κ3) is 20.3. The van der Waals surface area contributed by atoms with Gasteiger partial charge in [0.25, 0.3) is 0 Å². The van der Waals surface area contributed by atoms with Crippen molar-refractivity contribution >= 4 is 0 Å². The van der Waals surface area contributed by atoms with Crippen molar-refractivity contribution in [2.24, 2.45) is 44.8 Å². The zero-order valence-corrected chi connectivity index (χ0v) is 26.7. The van der Waals surface area contributed by atoms with E-state index in [0.29, 0.717) is 65.3 Å². The van der Waals surface area contributed by atoms with Gasteiger partial charge in [0.2, 0.25) is 0 Å². The maximum atomic E-state index is 6.40. The number of rotatable bonds is 20. The molecule has 0 spiro atoms. The molecule has 2 atom stereocenters. The van der Waals surface area contributed by atoms with E-state index >= 15 is 0 Å². The summed E-state index contributed by atoms with van der Waals surface area (Å²) >= 11 is 0. The summed E-state index contributed by atoms with van der Waals surface area (Å²) in [5.74, 6) is 0.344. The fourth-order valence-electron chi connectivity index (χ4n) is 4.69. The summed E-state index contributed by atoms with van der Waals surface area (Å²) in [5, 5.41) is 0. The lowest BCUT2D eigenvalue weighted by atomic mass is 9.81. The first-order valence-electron chi connectivity index (χ1n) is 14.1. The molecule has 0 rings (SSSR count). The summed E-state index contributed by atoms with van der Waals surface area (Å²) < 4.78 is 25.3. The Balaban J connectivity index is 5.61. The molecule has 0 aliphatic rings. The Labute approximate surface area is 230 Å². The van der Waals surface area contributed by atoms with Crippen LogP contribution < -0.4 is 17.2 Å². The molecule has 2 unspecified atom stereocenters. The van der Waals surface area contributed by atoms with Gasteiger partial charge in [-0.25, -0.2) is 0 Å². The Hall–Kier alpha value is -0.280. The lowest BCUT2D eigenvalue weighted by Crippen LogP contribution is -2.45. The molecule has 0 aliphatic carbocycles. The van der Waals surface area contributed by atoms with Crippen LogP contribution in [0.5, 0.6) is 0 Å². The first kappa shape index (κ1) is 36.7. The molecular weight excluding hydrogens is 466 g/mol. The van der Waals surface area contributed by atoms with Crippen molar-refractivity contribution in [2.45, 2.75) is 107 Å². The molecule has 0 aromatic rings. The lowest BCUT2D eigenvalue weighted by Gasteiger charge is -2.37. The van der Waals surface area contributed by atoms with Crippen molar-refractivity contribution < 1.29 is 18.9 Å². The second kappa shape index (κ2) is 14.9. The zero-order valence-electron chi connectivity index (χ0n) is 26.7. The van der Waals surface area contributed by atoms with Gasteiger partial charge in [-0.15, -0.1) is 0 Å². The van der Waals surface area contributed by atoms with Gasteiger partial charge in [0.15, 0.2) is 0 Å². The van der Waals surface area contributed by atoms with Gasteiger partial charge in [0.05, 0.1) is 51.7 Å². The van der Waals surface area contributed by atoms with E-state index in [2.05, 4.69) is 83.1 Å². The van der Waals surface area contributed by atoms with Gasteiger partial charge in [-0.1, -0.05) is 55.4 Å². The summed E-state index contributed by atoms with van der Waals surface area (Å²) in [6, 6.07) is 0. The van der Waals surface area contributed by atoms with Crippen LogP contribution in [0.3, 0.4) is 0 Å². The van der Waals surface area contributed by atoms with Crippen molar-refractivity contribution in [3.63, 3.8) is 0 Å². The van der Waals surface area contributed by atoms with Crippen LogP contribution >= 0.6 is 0 Å². The smallest absolute Gasteiger partial charge is 0.0637 e. The molecule has 0 aromatic carbocycles. The van der Waals surface area contributed by atoms with Crippen LogP contribution in [0.25, 0.3) is 0 Å². The molecule has 0 heterocycles. The van der Waals surface area contributed by atoms with E-state index in [1.54, 1.807) is 0 Å². The fourth-order valence-corrected chi connectivity index (χ4v) is 4.69. The van der Waals surface area contributed by atoms with E-state index in [4.69, 9.17) is 36.1 Å².